The molecule has 176 valence electrons. The van der Waals surface area contributed by atoms with Gasteiger partial charge >= 0.3 is 5.97 Å². The Balaban J connectivity index is 1.81. The highest BCUT2D eigenvalue weighted by Crippen LogP contribution is 2.38. The molecule has 3 rings (SSSR count). The number of hydrogen-bond donors (Lipinski definition) is 1. The molecular weight excluding hydrogens is 489 g/mol. The molecule has 0 saturated carbocycles. The van der Waals surface area contributed by atoms with E-state index in [1.165, 1.54) is 19.2 Å². The molecule has 6 nitrogen and oxygen atoms in total. The lowest BCUT2D eigenvalue weighted by molar-refractivity contribution is -0.146. The van der Waals surface area contributed by atoms with Crippen LogP contribution < -0.4 is 14.8 Å². The standard InChI is InChI=1S/C24H24Cl3NO5/c1-4-33-24(30)21(14-6-8-19(31-2)20(10-14)32-3)13-5-7-16(9-13)28-23(29)22-17(26)11-15(25)12-18(22)27/h5-8,10-13,16,21H,4,9H2,1-3H3,(H,28,29)/t13-,16-,21-/m0/s1. The van der Waals surface area contributed by atoms with E-state index in [2.05, 4.69) is 5.32 Å². The van der Waals surface area contributed by atoms with E-state index in [1.807, 2.05) is 18.2 Å². The molecule has 3 atom stereocenters. The van der Waals surface area contributed by atoms with Gasteiger partial charge in [0, 0.05) is 11.1 Å². The van der Waals surface area contributed by atoms with Gasteiger partial charge in [-0.2, -0.15) is 0 Å². The highest BCUT2D eigenvalue weighted by atomic mass is 35.5. The van der Waals surface area contributed by atoms with Gasteiger partial charge in [-0.25, -0.2) is 0 Å². The lowest BCUT2D eigenvalue weighted by Gasteiger charge is -2.23. The molecule has 0 fully saturated rings. The maximum absolute atomic E-state index is 12.9. The summed E-state index contributed by atoms with van der Waals surface area (Å²) in [4.78, 5) is 25.7. The third kappa shape index (κ3) is 5.75. The monoisotopic (exact) mass is 511 g/mol. The summed E-state index contributed by atoms with van der Waals surface area (Å²) in [6.45, 7) is 2.02. The number of rotatable bonds is 8. The number of esters is 1. The van der Waals surface area contributed by atoms with Crippen LogP contribution in [0.25, 0.3) is 0 Å². The molecule has 1 aliphatic carbocycles. The molecule has 0 radical (unpaired) electrons. The second kappa shape index (κ2) is 11.1. The van der Waals surface area contributed by atoms with Gasteiger partial charge in [-0.05, 0) is 49.1 Å². The minimum Gasteiger partial charge on any atom is -0.493 e. The van der Waals surface area contributed by atoms with Crippen molar-refractivity contribution in [2.24, 2.45) is 5.92 Å². The molecule has 0 unspecified atom stereocenters. The summed E-state index contributed by atoms with van der Waals surface area (Å²) in [5.74, 6) is -0.476. The van der Waals surface area contributed by atoms with E-state index in [0.29, 0.717) is 22.9 Å². The zero-order chi connectivity index (χ0) is 24.1. The summed E-state index contributed by atoms with van der Waals surface area (Å²) < 4.78 is 16.0. The van der Waals surface area contributed by atoms with E-state index in [0.717, 1.165) is 5.56 Å². The average Bonchev–Trinajstić information content (AvgIpc) is 3.20. The van der Waals surface area contributed by atoms with Crippen molar-refractivity contribution in [1.82, 2.24) is 5.32 Å². The third-order valence-electron chi connectivity index (χ3n) is 5.40. The molecule has 9 heteroatoms. The Labute approximate surface area is 207 Å². The van der Waals surface area contributed by atoms with Gasteiger partial charge in [-0.3, -0.25) is 9.59 Å². The van der Waals surface area contributed by atoms with E-state index in [1.54, 1.807) is 26.2 Å². The Kier molecular flexibility index (Phi) is 8.51. The minimum atomic E-state index is -0.578. The van der Waals surface area contributed by atoms with Crippen LogP contribution in [0.4, 0.5) is 0 Å². The largest absolute Gasteiger partial charge is 0.493 e. The van der Waals surface area contributed by atoms with Gasteiger partial charge in [0.15, 0.2) is 11.5 Å². The summed E-state index contributed by atoms with van der Waals surface area (Å²) in [5.41, 5.74) is 0.887. The molecular formula is C24H24Cl3NO5. The van der Waals surface area contributed by atoms with Crippen LogP contribution in [-0.4, -0.2) is 38.7 Å². The number of benzene rings is 2. The number of halogens is 3. The predicted molar refractivity (Wildman–Crippen MR) is 129 cm³/mol. The van der Waals surface area contributed by atoms with E-state index >= 15 is 0 Å². The molecule has 0 aliphatic heterocycles. The first-order chi connectivity index (χ1) is 15.8. The van der Waals surface area contributed by atoms with Crippen LogP contribution in [-0.2, 0) is 9.53 Å². The number of amides is 1. The Morgan fingerprint density at radius 2 is 1.70 bits per heavy atom. The fourth-order valence-corrected chi connectivity index (χ4v) is 4.91. The van der Waals surface area contributed by atoms with Crippen molar-refractivity contribution in [1.29, 1.82) is 0 Å². The van der Waals surface area contributed by atoms with Crippen LogP contribution in [0.1, 0.15) is 35.2 Å². The van der Waals surface area contributed by atoms with Crippen molar-refractivity contribution in [3.63, 3.8) is 0 Å². The number of allylic oxidation sites excluding steroid dienone is 1. The normalized spacial score (nSPS) is 18.0. The predicted octanol–water partition coefficient (Wildman–Crippen LogP) is 5.69. The van der Waals surface area contributed by atoms with Crippen molar-refractivity contribution < 1.29 is 23.8 Å². The van der Waals surface area contributed by atoms with Crippen molar-refractivity contribution in [3.8, 4) is 11.5 Å². The maximum atomic E-state index is 12.9. The maximum Gasteiger partial charge on any atom is 0.314 e. The van der Waals surface area contributed by atoms with Crippen molar-refractivity contribution in [3.05, 3.63) is 68.7 Å². The number of nitrogens with one attached hydrogen (secondary N) is 1. The van der Waals surface area contributed by atoms with Crippen molar-refractivity contribution in [2.45, 2.75) is 25.3 Å². The topological polar surface area (TPSA) is 73.9 Å². The third-order valence-corrected chi connectivity index (χ3v) is 6.22. The zero-order valence-electron chi connectivity index (χ0n) is 18.4. The fraction of sp³-hybridized carbons (Fsp3) is 0.333. The quantitative estimate of drug-likeness (QED) is 0.363. The van der Waals surface area contributed by atoms with Crippen LogP contribution in [0.15, 0.2) is 42.5 Å². The van der Waals surface area contributed by atoms with Gasteiger partial charge in [0.05, 0.1) is 42.4 Å². The molecule has 2 aromatic rings. The first kappa shape index (κ1) is 25.2. The minimum absolute atomic E-state index is 0.154. The number of methoxy groups -OCH3 is 2. The van der Waals surface area contributed by atoms with Gasteiger partial charge < -0.3 is 19.5 Å². The van der Waals surface area contributed by atoms with Crippen LogP contribution >= 0.6 is 34.8 Å². The SMILES string of the molecule is CCOC(=O)[C@H](c1ccc(OC)c(OC)c1)[C@H]1C=C[C@H](NC(=O)c2c(Cl)cc(Cl)cc2Cl)C1. The van der Waals surface area contributed by atoms with Crippen molar-refractivity contribution >= 4 is 46.7 Å². The molecule has 1 aliphatic rings. The Morgan fingerprint density at radius 1 is 1.03 bits per heavy atom. The number of ether oxygens (including phenoxy) is 3. The summed E-state index contributed by atoms with van der Waals surface area (Å²) >= 11 is 18.3. The van der Waals surface area contributed by atoms with Crippen LogP contribution in [0.2, 0.25) is 15.1 Å². The highest BCUT2D eigenvalue weighted by Gasteiger charge is 2.35. The van der Waals surface area contributed by atoms with Gasteiger partial charge in [0.25, 0.3) is 5.91 Å². The average molecular weight is 513 g/mol. The first-order valence-corrected chi connectivity index (χ1v) is 11.4. The molecule has 1 N–H and O–H groups in total. The van der Waals surface area contributed by atoms with Gasteiger partial charge in [0.2, 0.25) is 0 Å². The second-order valence-corrected chi connectivity index (χ2v) is 8.70. The van der Waals surface area contributed by atoms with E-state index in [9.17, 15) is 9.59 Å². The van der Waals surface area contributed by atoms with Crippen LogP contribution in [0.5, 0.6) is 11.5 Å². The molecule has 0 bridgehead atoms. The Morgan fingerprint density at radius 3 is 2.30 bits per heavy atom. The summed E-state index contributed by atoms with van der Waals surface area (Å²) in [6, 6.07) is 7.95. The Hall–Kier alpha value is -2.41. The summed E-state index contributed by atoms with van der Waals surface area (Å²) in [5, 5.41) is 3.58. The van der Waals surface area contributed by atoms with E-state index in [4.69, 9.17) is 49.0 Å². The molecule has 0 saturated heterocycles. The van der Waals surface area contributed by atoms with Gasteiger partial charge in [-0.1, -0.05) is 53.0 Å². The first-order valence-electron chi connectivity index (χ1n) is 10.3. The summed E-state index contributed by atoms with van der Waals surface area (Å²) in [6.07, 6.45) is 4.26. The Bertz CT molecular complexity index is 1050. The lowest BCUT2D eigenvalue weighted by atomic mass is 9.85. The van der Waals surface area contributed by atoms with E-state index < -0.39 is 11.8 Å². The molecule has 2 aromatic carbocycles. The smallest absolute Gasteiger partial charge is 0.314 e. The molecule has 33 heavy (non-hydrogen) atoms. The molecule has 0 spiro atoms. The molecule has 1 amide bonds. The summed E-state index contributed by atoms with van der Waals surface area (Å²) in [7, 11) is 3.08. The van der Waals surface area contributed by atoms with Crippen LogP contribution in [0, 0.1) is 5.92 Å². The highest BCUT2D eigenvalue weighted by molar-refractivity contribution is 6.42. The van der Waals surface area contributed by atoms with Crippen molar-refractivity contribution in [2.75, 3.05) is 20.8 Å². The second-order valence-electron chi connectivity index (χ2n) is 7.45. The lowest BCUT2D eigenvalue weighted by Crippen LogP contribution is -2.34. The number of carbonyl (C=O) groups is 2. The van der Waals surface area contributed by atoms with Crippen LogP contribution in [0.3, 0.4) is 0 Å². The van der Waals surface area contributed by atoms with Gasteiger partial charge in [-0.15, -0.1) is 0 Å². The fourth-order valence-electron chi connectivity index (χ4n) is 3.92. The number of carbonyl (C=O) groups excluding carboxylic acids is 2. The van der Waals surface area contributed by atoms with Gasteiger partial charge in [0.1, 0.15) is 0 Å². The molecule has 0 aromatic heterocycles. The zero-order valence-corrected chi connectivity index (χ0v) is 20.6. The van der Waals surface area contributed by atoms with E-state index in [-0.39, 0.29) is 40.1 Å². The number of hydrogen-bond acceptors (Lipinski definition) is 5. The molecule has 0 heterocycles.